The van der Waals surface area contributed by atoms with Gasteiger partial charge in [0.25, 0.3) is 11.8 Å². The Morgan fingerprint density at radius 3 is 2.59 bits per heavy atom. The number of fused-ring (bicyclic) bond motifs is 2. The fraction of sp³-hybridized carbons (Fsp3) is 0.158. The number of nitrogens with one attached hydrogen (secondary N) is 2. The van der Waals surface area contributed by atoms with Crippen LogP contribution in [0.15, 0.2) is 48.5 Å². The predicted molar refractivity (Wildman–Crippen MR) is 94.2 cm³/mol. The smallest absolute Gasteiger partial charge is 0.283 e. The highest BCUT2D eigenvalue weighted by Crippen LogP contribution is 2.33. The maximum absolute atomic E-state index is 12.1. The topological polar surface area (TPSA) is 95.1 Å². The van der Waals surface area contributed by atoms with Gasteiger partial charge in [0.15, 0.2) is 23.0 Å². The fourth-order valence-corrected chi connectivity index (χ4v) is 2.58. The average molecular weight is 368 g/mol. The molecule has 8 heteroatoms. The lowest BCUT2D eigenvalue weighted by Gasteiger charge is -2.25. The largest absolute Gasteiger partial charge is 0.485 e. The van der Waals surface area contributed by atoms with Crippen molar-refractivity contribution in [1.29, 1.82) is 0 Å². The summed E-state index contributed by atoms with van der Waals surface area (Å²) in [5.41, 5.74) is 5.40. The lowest BCUT2D eigenvalue weighted by molar-refractivity contribution is -0.134. The Morgan fingerprint density at radius 1 is 0.926 bits per heavy atom. The van der Waals surface area contributed by atoms with Crippen LogP contribution in [-0.4, -0.2) is 31.3 Å². The zero-order chi connectivity index (χ0) is 18.6. The molecule has 2 N–H and O–H groups in total. The van der Waals surface area contributed by atoms with E-state index in [-0.39, 0.29) is 13.4 Å². The number of carbonyl (C=O) groups excluding carboxylic acids is 2. The maximum atomic E-state index is 12.1. The Kier molecular flexibility index (Phi) is 4.52. The van der Waals surface area contributed by atoms with Gasteiger partial charge in [0.1, 0.15) is 6.61 Å². The van der Waals surface area contributed by atoms with E-state index in [2.05, 4.69) is 10.9 Å². The summed E-state index contributed by atoms with van der Waals surface area (Å²) in [7, 11) is 0. The van der Waals surface area contributed by atoms with Crippen LogP contribution in [-0.2, 0) is 9.59 Å². The molecule has 2 aliphatic heterocycles. The van der Waals surface area contributed by atoms with Crippen LogP contribution in [0.2, 0.25) is 0 Å². The van der Waals surface area contributed by atoms with Gasteiger partial charge >= 0.3 is 0 Å². The van der Waals surface area contributed by atoms with Crippen LogP contribution in [0.4, 0.5) is 0 Å². The molecule has 2 aliphatic rings. The molecule has 0 aromatic heterocycles. The Balaban J connectivity index is 1.28. The first kappa shape index (κ1) is 16.8. The van der Waals surface area contributed by atoms with Crippen molar-refractivity contribution in [3.05, 3.63) is 54.1 Å². The predicted octanol–water partition coefficient (Wildman–Crippen LogP) is 1.42. The molecular formula is C19H16N2O6. The second-order valence-corrected chi connectivity index (χ2v) is 5.79. The second kappa shape index (κ2) is 7.28. The van der Waals surface area contributed by atoms with Gasteiger partial charge < -0.3 is 18.9 Å². The van der Waals surface area contributed by atoms with Crippen LogP contribution in [0.25, 0.3) is 6.08 Å². The van der Waals surface area contributed by atoms with E-state index >= 15 is 0 Å². The summed E-state index contributed by atoms with van der Waals surface area (Å²) in [6, 6.07) is 12.4. The zero-order valence-electron chi connectivity index (χ0n) is 14.1. The molecule has 2 amide bonds. The Bertz CT molecular complexity index is 911. The van der Waals surface area contributed by atoms with Crippen molar-refractivity contribution in [3.63, 3.8) is 0 Å². The van der Waals surface area contributed by atoms with Crippen LogP contribution < -0.4 is 29.8 Å². The van der Waals surface area contributed by atoms with Crippen LogP contribution in [0.3, 0.4) is 0 Å². The Labute approximate surface area is 154 Å². The number of rotatable bonds is 3. The molecule has 0 radical (unpaired) electrons. The number of amides is 2. The normalized spacial score (nSPS) is 16.8. The number of hydrazine groups is 1. The van der Waals surface area contributed by atoms with E-state index in [1.165, 1.54) is 6.08 Å². The van der Waals surface area contributed by atoms with Crippen LogP contribution in [0.1, 0.15) is 5.56 Å². The van der Waals surface area contributed by atoms with Crippen LogP contribution in [0.5, 0.6) is 23.0 Å². The standard InChI is InChI=1S/C19H16N2O6/c22-18(8-6-12-5-7-14-16(9-12)26-11-25-14)20-21-19(23)17-10-24-13-3-1-2-4-15(13)27-17/h1-9,17H,10-11H2,(H,20,22)(H,21,23)/b8-6+. The Hall–Kier alpha value is -3.68. The number of para-hydroxylation sites is 2. The highest BCUT2D eigenvalue weighted by Gasteiger charge is 2.27. The molecule has 2 heterocycles. The van der Waals surface area contributed by atoms with Gasteiger partial charge in [-0.05, 0) is 35.9 Å². The van der Waals surface area contributed by atoms with E-state index in [1.807, 2.05) is 6.07 Å². The molecule has 0 bridgehead atoms. The third-order valence-electron chi connectivity index (χ3n) is 3.93. The SMILES string of the molecule is O=C(/C=C/c1ccc2c(c1)OCO2)NNC(=O)C1COc2ccccc2O1. The van der Waals surface area contributed by atoms with E-state index in [1.54, 1.807) is 42.5 Å². The first-order valence-corrected chi connectivity index (χ1v) is 8.25. The minimum atomic E-state index is -0.849. The van der Waals surface area contributed by atoms with Crippen molar-refractivity contribution in [1.82, 2.24) is 10.9 Å². The van der Waals surface area contributed by atoms with Gasteiger partial charge in [0.2, 0.25) is 12.9 Å². The summed E-state index contributed by atoms with van der Waals surface area (Å²) in [5.74, 6) is 1.36. The monoisotopic (exact) mass is 368 g/mol. The van der Waals surface area contributed by atoms with Crippen molar-refractivity contribution >= 4 is 17.9 Å². The van der Waals surface area contributed by atoms with Crippen molar-refractivity contribution in [2.75, 3.05) is 13.4 Å². The molecule has 138 valence electrons. The van der Waals surface area contributed by atoms with Crippen molar-refractivity contribution in [2.45, 2.75) is 6.10 Å². The second-order valence-electron chi connectivity index (χ2n) is 5.79. The van der Waals surface area contributed by atoms with Gasteiger partial charge in [0, 0.05) is 6.08 Å². The molecule has 27 heavy (non-hydrogen) atoms. The van der Waals surface area contributed by atoms with Gasteiger partial charge in [0.05, 0.1) is 0 Å². The molecule has 2 aromatic carbocycles. The number of hydrogen-bond acceptors (Lipinski definition) is 6. The minimum Gasteiger partial charge on any atom is -0.485 e. The van der Waals surface area contributed by atoms with Crippen molar-refractivity contribution < 1.29 is 28.5 Å². The van der Waals surface area contributed by atoms with Crippen molar-refractivity contribution in [3.8, 4) is 23.0 Å². The molecule has 0 aliphatic carbocycles. The molecule has 0 spiro atoms. The molecule has 0 saturated heterocycles. The van der Waals surface area contributed by atoms with E-state index < -0.39 is 17.9 Å². The lowest BCUT2D eigenvalue weighted by atomic mass is 10.2. The number of carbonyl (C=O) groups is 2. The van der Waals surface area contributed by atoms with Crippen LogP contribution in [0, 0.1) is 0 Å². The van der Waals surface area contributed by atoms with Gasteiger partial charge in [-0.2, -0.15) is 0 Å². The minimum absolute atomic E-state index is 0.0613. The summed E-state index contributed by atoms with van der Waals surface area (Å²) in [5, 5.41) is 0. The molecular weight excluding hydrogens is 352 g/mol. The molecule has 0 fully saturated rings. The van der Waals surface area contributed by atoms with Crippen LogP contribution >= 0.6 is 0 Å². The first-order chi connectivity index (χ1) is 13.2. The van der Waals surface area contributed by atoms with E-state index in [0.29, 0.717) is 23.0 Å². The fourth-order valence-electron chi connectivity index (χ4n) is 2.58. The number of benzene rings is 2. The number of hydrogen-bond donors (Lipinski definition) is 2. The highest BCUT2D eigenvalue weighted by molar-refractivity contribution is 5.93. The van der Waals surface area contributed by atoms with E-state index in [9.17, 15) is 9.59 Å². The summed E-state index contributed by atoms with van der Waals surface area (Å²) in [4.78, 5) is 24.0. The van der Waals surface area contributed by atoms with Gasteiger partial charge in [-0.25, -0.2) is 0 Å². The molecule has 1 unspecified atom stereocenters. The third kappa shape index (κ3) is 3.79. The average Bonchev–Trinajstić information content (AvgIpc) is 3.18. The van der Waals surface area contributed by atoms with Gasteiger partial charge in [-0.3, -0.25) is 20.4 Å². The highest BCUT2D eigenvalue weighted by atomic mass is 16.7. The third-order valence-corrected chi connectivity index (χ3v) is 3.93. The molecule has 8 nitrogen and oxygen atoms in total. The number of ether oxygens (including phenoxy) is 4. The molecule has 0 saturated carbocycles. The molecule has 2 aromatic rings. The summed E-state index contributed by atoms with van der Waals surface area (Å²) in [6.07, 6.45) is 2.05. The molecule has 4 rings (SSSR count). The van der Waals surface area contributed by atoms with E-state index in [0.717, 1.165) is 5.56 Å². The zero-order valence-corrected chi connectivity index (χ0v) is 14.1. The summed E-state index contributed by atoms with van der Waals surface area (Å²) in [6.45, 7) is 0.248. The van der Waals surface area contributed by atoms with Gasteiger partial charge in [-0.15, -0.1) is 0 Å². The first-order valence-electron chi connectivity index (χ1n) is 8.25. The quantitative estimate of drug-likeness (QED) is 0.628. The molecule has 1 atom stereocenters. The van der Waals surface area contributed by atoms with Gasteiger partial charge in [-0.1, -0.05) is 18.2 Å². The lowest BCUT2D eigenvalue weighted by Crippen LogP contribution is -2.50. The summed E-state index contributed by atoms with van der Waals surface area (Å²) < 4.78 is 21.5. The maximum Gasteiger partial charge on any atom is 0.283 e. The summed E-state index contributed by atoms with van der Waals surface area (Å²) >= 11 is 0. The van der Waals surface area contributed by atoms with Crippen molar-refractivity contribution in [2.24, 2.45) is 0 Å². The Morgan fingerprint density at radius 2 is 1.70 bits per heavy atom. The van der Waals surface area contributed by atoms with E-state index in [4.69, 9.17) is 18.9 Å².